The minimum absolute atomic E-state index is 0.0255. The highest BCUT2D eigenvalue weighted by molar-refractivity contribution is 5.69. The summed E-state index contributed by atoms with van der Waals surface area (Å²) in [6.07, 6.45) is 24.4. The molecule has 1 fully saturated rings. The van der Waals surface area contributed by atoms with Gasteiger partial charge in [0.25, 0.3) is 0 Å². The molecule has 0 atom stereocenters. The van der Waals surface area contributed by atoms with Crippen molar-refractivity contribution in [2.75, 3.05) is 26.2 Å². The summed E-state index contributed by atoms with van der Waals surface area (Å²) < 4.78 is 5.75. The maximum atomic E-state index is 12.2. The van der Waals surface area contributed by atoms with Crippen LogP contribution in [0.4, 0.5) is 0 Å². The van der Waals surface area contributed by atoms with Crippen LogP contribution in [0.5, 0.6) is 0 Å². The summed E-state index contributed by atoms with van der Waals surface area (Å²) in [5.41, 5.74) is 0. The van der Waals surface area contributed by atoms with Crippen molar-refractivity contribution in [1.29, 1.82) is 0 Å². The average Bonchev–Trinajstić information content (AvgIpc) is 2.82. The van der Waals surface area contributed by atoms with Crippen molar-refractivity contribution in [1.82, 2.24) is 4.90 Å². The lowest BCUT2D eigenvalue weighted by atomic mass is 9.84. The van der Waals surface area contributed by atoms with E-state index >= 15 is 0 Å². The fraction of sp³-hybridized carbons (Fsp3) is 0.966. The van der Waals surface area contributed by atoms with Gasteiger partial charge in [-0.3, -0.25) is 4.79 Å². The predicted molar refractivity (Wildman–Crippen MR) is 141 cm³/mol. The van der Waals surface area contributed by atoms with Crippen molar-refractivity contribution in [3.05, 3.63) is 0 Å². The zero-order valence-electron chi connectivity index (χ0n) is 22.3. The molecule has 0 heterocycles. The molecule has 33 heavy (non-hydrogen) atoms. The van der Waals surface area contributed by atoms with Crippen molar-refractivity contribution >= 4 is 5.97 Å². The number of ether oxygens (including phenoxy) is 1. The highest BCUT2D eigenvalue weighted by Crippen LogP contribution is 2.30. The summed E-state index contributed by atoms with van der Waals surface area (Å²) in [5, 5.41) is 9.32. The molecule has 0 aromatic heterocycles. The number of hydrogen-bond acceptors (Lipinski definition) is 4. The number of unbranched alkanes of at least 4 members (excludes halogenated alkanes) is 11. The second-order valence-corrected chi connectivity index (χ2v) is 10.5. The number of rotatable bonds is 22. The van der Waals surface area contributed by atoms with Crippen molar-refractivity contribution < 1.29 is 14.6 Å². The minimum Gasteiger partial charge on any atom is -0.462 e. The van der Waals surface area contributed by atoms with Gasteiger partial charge in [0.1, 0.15) is 6.10 Å². The van der Waals surface area contributed by atoms with Crippen molar-refractivity contribution in [2.45, 2.75) is 148 Å². The zero-order valence-corrected chi connectivity index (χ0v) is 22.3. The summed E-state index contributed by atoms with van der Waals surface area (Å²) in [6, 6.07) is 0. The quantitative estimate of drug-likeness (QED) is 0.131. The van der Waals surface area contributed by atoms with E-state index < -0.39 is 0 Å². The molecule has 196 valence electrons. The summed E-state index contributed by atoms with van der Waals surface area (Å²) in [7, 11) is 0. The van der Waals surface area contributed by atoms with Crippen LogP contribution in [0, 0.1) is 5.92 Å². The number of aliphatic hydroxyl groups is 1. The van der Waals surface area contributed by atoms with Crippen LogP contribution in [0.1, 0.15) is 142 Å². The molecule has 0 saturated heterocycles. The lowest BCUT2D eigenvalue weighted by Crippen LogP contribution is -2.29. The van der Waals surface area contributed by atoms with E-state index in [0.717, 1.165) is 51.2 Å². The Kier molecular flexibility index (Phi) is 20.2. The number of aliphatic hydroxyl groups excluding tert-OH is 1. The van der Waals surface area contributed by atoms with Crippen LogP contribution in [0.15, 0.2) is 0 Å². The van der Waals surface area contributed by atoms with Crippen molar-refractivity contribution in [3.63, 3.8) is 0 Å². The minimum atomic E-state index is 0.0255. The Morgan fingerprint density at radius 1 is 0.727 bits per heavy atom. The second-order valence-electron chi connectivity index (χ2n) is 10.5. The topological polar surface area (TPSA) is 49.8 Å². The normalized spacial score (nSPS) is 18.7. The predicted octanol–water partition coefficient (Wildman–Crippen LogP) is 7.66. The van der Waals surface area contributed by atoms with E-state index in [1.54, 1.807) is 0 Å². The molecule has 0 bridgehead atoms. The monoisotopic (exact) mass is 467 g/mol. The van der Waals surface area contributed by atoms with Crippen LogP contribution in [-0.2, 0) is 9.53 Å². The molecule has 1 aliphatic carbocycles. The Hall–Kier alpha value is -0.610. The molecule has 0 aromatic rings. The lowest BCUT2D eigenvalue weighted by molar-refractivity contribution is -0.151. The van der Waals surface area contributed by atoms with Crippen LogP contribution in [0.3, 0.4) is 0 Å². The van der Waals surface area contributed by atoms with Gasteiger partial charge in [-0.05, 0) is 64.0 Å². The molecule has 1 N–H and O–H groups in total. The second kappa shape index (κ2) is 21.9. The molecular formula is C29H57NO3. The highest BCUT2D eigenvalue weighted by atomic mass is 16.5. The van der Waals surface area contributed by atoms with E-state index in [1.807, 2.05) is 0 Å². The van der Waals surface area contributed by atoms with E-state index in [1.165, 1.54) is 96.3 Å². The number of hydrogen-bond donors (Lipinski definition) is 1. The summed E-state index contributed by atoms with van der Waals surface area (Å²) >= 11 is 0. The van der Waals surface area contributed by atoms with Gasteiger partial charge in [-0.2, -0.15) is 0 Å². The smallest absolute Gasteiger partial charge is 0.306 e. The van der Waals surface area contributed by atoms with Crippen LogP contribution in [-0.4, -0.2) is 48.3 Å². The Bertz CT molecular complexity index is 435. The molecule has 1 saturated carbocycles. The third kappa shape index (κ3) is 17.5. The first-order chi connectivity index (χ1) is 16.2. The Morgan fingerprint density at radius 3 is 1.88 bits per heavy atom. The molecule has 0 aromatic carbocycles. The molecule has 1 aliphatic rings. The molecule has 0 spiro atoms. The molecular weight excluding hydrogens is 410 g/mol. The lowest BCUT2D eigenvalue weighted by Gasteiger charge is -2.28. The molecule has 1 rings (SSSR count). The van der Waals surface area contributed by atoms with Gasteiger partial charge in [-0.25, -0.2) is 0 Å². The van der Waals surface area contributed by atoms with E-state index in [9.17, 15) is 9.90 Å². The van der Waals surface area contributed by atoms with E-state index in [4.69, 9.17) is 4.74 Å². The third-order valence-electron chi connectivity index (χ3n) is 7.41. The standard InChI is InChI=1S/C29H57NO3/c1-3-5-7-8-11-15-23-30(25-26-31)24-16-12-9-10-14-18-29(32)33-28-21-19-27(20-22-28)17-13-6-4-2/h27-28,31H,3-26H2,1-2H3. The molecule has 0 radical (unpaired) electrons. The first-order valence-corrected chi connectivity index (χ1v) is 14.7. The summed E-state index contributed by atoms with van der Waals surface area (Å²) in [6.45, 7) is 7.81. The van der Waals surface area contributed by atoms with Gasteiger partial charge in [-0.15, -0.1) is 0 Å². The van der Waals surface area contributed by atoms with E-state index in [0.29, 0.717) is 6.42 Å². The van der Waals surface area contributed by atoms with Gasteiger partial charge >= 0.3 is 5.97 Å². The first kappa shape index (κ1) is 30.4. The Labute approximate surface area is 206 Å². The van der Waals surface area contributed by atoms with Gasteiger partial charge in [0.05, 0.1) is 6.61 Å². The Morgan fingerprint density at radius 2 is 1.27 bits per heavy atom. The van der Waals surface area contributed by atoms with Crippen molar-refractivity contribution in [3.8, 4) is 0 Å². The third-order valence-corrected chi connectivity index (χ3v) is 7.41. The van der Waals surface area contributed by atoms with Crippen LogP contribution in [0.25, 0.3) is 0 Å². The van der Waals surface area contributed by atoms with E-state index in [-0.39, 0.29) is 18.7 Å². The number of esters is 1. The molecule has 0 aliphatic heterocycles. The highest BCUT2D eigenvalue weighted by Gasteiger charge is 2.23. The summed E-state index contributed by atoms with van der Waals surface area (Å²) in [4.78, 5) is 14.6. The van der Waals surface area contributed by atoms with Crippen LogP contribution >= 0.6 is 0 Å². The van der Waals surface area contributed by atoms with Crippen LogP contribution in [0.2, 0.25) is 0 Å². The van der Waals surface area contributed by atoms with Crippen LogP contribution < -0.4 is 0 Å². The van der Waals surface area contributed by atoms with Gasteiger partial charge < -0.3 is 14.7 Å². The molecule has 4 nitrogen and oxygen atoms in total. The first-order valence-electron chi connectivity index (χ1n) is 14.7. The fourth-order valence-electron chi connectivity index (χ4n) is 5.19. The zero-order chi connectivity index (χ0) is 24.0. The number of carbonyl (C=O) groups is 1. The van der Waals surface area contributed by atoms with Gasteiger partial charge in [0.15, 0.2) is 0 Å². The maximum absolute atomic E-state index is 12.2. The van der Waals surface area contributed by atoms with Gasteiger partial charge in [0, 0.05) is 13.0 Å². The number of carbonyl (C=O) groups excluding carboxylic acids is 1. The average molecular weight is 468 g/mol. The number of nitrogens with zero attached hydrogens (tertiary/aromatic N) is 1. The van der Waals surface area contributed by atoms with Gasteiger partial charge in [-0.1, -0.05) is 90.9 Å². The van der Waals surface area contributed by atoms with Crippen molar-refractivity contribution in [2.24, 2.45) is 5.92 Å². The largest absolute Gasteiger partial charge is 0.462 e. The van der Waals surface area contributed by atoms with E-state index in [2.05, 4.69) is 18.7 Å². The molecule has 0 unspecified atom stereocenters. The molecule has 0 amide bonds. The Balaban J connectivity index is 1.97. The van der Waals surface area contributed by atoms with Gasteiger partial charge in [0.2, 0.25) is 0 Å². The molecule has 4 heteroatoms. The maximum Gasteiger partial charge on any atom is 0.306 e. The summed E-state index contributed by atoms with van der Waals surface area (Å²) in [5.74, 6) is 0.892. The fourth-order valence-corrected chi connectivity index (χ4v) is 5.19. The SMILES string of the molecule is CCCCCCCCN(CCO)CCCCCCCC(=O)OC1CCC(CCCCC)CC1.